The number of carbonyl (C=O) groups is 2. The molecule has 0 aromatic heterocycles. The predicted octanol–water partition coefficient (Wildman–Crippen LogP) is 2.72. The Labute approximate surface area is 158 Å². The van der Waals surface area contributed by atoms with Gasteiger partial charge in [0.1, 0.15) is 6.04 Å². The molecule has 0 aliphatic heterocycles. The second-order valence-corrected chi connectivity index (χ2v) is 7.85. The van der Waals surface area contributed by atoms with Gasteiger partial charge in [-0.05, 0) is 42.3 Å². The van der Waals surface area contributed by atoms with Crippen molar-refractivity contribution in [3.63, 3.8) is 0 Å². The van der Waals surface area contributed by atoms with Crippen LogP contribution in [0.15, 0.2) is 59.5 Å². The zero-order chi connectivity index (χ0) is 20.0. The predicted molar refractivity (Wildman–Crippen MR) is 102 cm³/mol. The minimum Gasteiger partial charge on any atom is -0.480 e. The Balaban J connectivity index is 2.14. The maximum absolute atomic E-state index is 12.4. The Morgan fingerprint density at radius 1 is 1.04 bits per heavy atom. The maximum Gasteiger partial charge on any atom is 0.326 e. The summed E-state index contributed by atoms with van der Waals surface area (Å²) >= 11 is 0. The molecule has 2 aromatic carbocycles. The number of carboxylic acid groups (broad SMARTS) is 1. The number of nitrogens with one attached hydrogen (secondary N) is 2. The maximum atomic E-state index is 12.4. The van der Waals surface area contributed by atoms with E-state index >= 15 is 0 Å². The van der Waals surface area contributed by atoms with Gasteiger partial charge in [0.05, 0.1) is 4.90 Å². The fourth-order valence-corrected chi connectivity index (χ4v) is 3.47. The quantitative estimate of drug-likeness (QED) is 0.641. The van der Waals surface area contributed by atoms with Gasteiger partial charge in [0, 0.05) is 11.3 Å². The smallest absolute Gasteiger partial charge is 0.326 e. The van der Waals surface area contributed by atoms with Crippen LogP contribution in [0, 0.1) is 5.92 Å². The van der Waals surface area contributed by atoms with Crippen molar-refractivity contribution in [3.05, 3.63) is 60.2 Å². The lowest BCUT2D eigenvalue weighted by Gasteiger charge is -2.20. The first-order valence-electron chi connectivity index (χ1n) is 8.46. The SMILES string of the molecule is CCC(C)C(NC(=O)c1ccc(S(=O)(=O)Nc2ccccc2)cc1)C(=O)O. The van der Waals surface area contributed by atoms with Crippen LogP contribution in [0.25, 0.3) is 0 Å². The molecule has 2 rings (SSSR count). The van der Waals surface area contributed by atoms with Gasteiger partial charge in [-0.25, -0.2) is 13.2 Å². The molecule has 0 heterocycles. The van der Waals surface area contributed by atoms with Gasteiger partial charge in [-0.2, -0.15) is 0 Å². The van der Waals surface area contributed by atoms with Crippen molar-refractivity contribution in [2.75, 3.05) is 4.72 Å². The first-order valence-corrected chi connectivity index (χ1v) is 9.94. The van der Waals surface area contributed by atoms with E-state index in [1.807, 2.05) is 6.92 Å². The van der Waals surface area contributed by atoms with Crippen molar-refractivity contribution >= 4 is 27.6 Å². The van der Waals surface area contributed by atoms with Crippen LogP contribution in [0.5, 0.6) is 0 Å². The summed E-state index contributed by atoms with van der Waals surface area (Å²) < 4.78 is 27.2. The van der Waals surface area contributed by atoms with Crippen LogP contribution in [0.2, 0.25) is 0 Å². The van der Waals surface area contributed by atoms with E-state index in [2.05, 4.69) is 10.0 Å². The monoisotopic (exact) mass is 390 g/mol. The number of carbonyl (C=O) groups excluding carboxylic acids is 1. The van der Waals surface area contributed by atoms with E-state index in [4.69, 9.17) is 0 Å². The Bertz CT molecular complexity index is 895. The molecule has 2 unspecified atom stereocenters. The average Bonchev–Trinajstić information content (AvgIpc) is 2.65. The van der Waals surface area contributed by atoms with E-state index in [-0.39, 0.29) is 16.4 Å². The number of sulfonamides is 1. The summed E-state index contributed by atoms with van der Waals surface area (Å²) in [4.78, 5) is 23.6. The lowest BCUT2D eigenvalue weighted by Crippen LogP contribution is -2.45. The van der Waals surface area contributed by atoms with Crippen molar-refractivity contribution in [2.24, 2.45) is 5.92 Å². The molecule has 0 radical (unpaired) electrons. The topological polar surface area (TPSA) is 113 Å². The van der Waals surface area contributed by atoms with Crippen LogP contribution in [-0.4, -0.2) is 31.4 Å². The lowest BCUT2D eigenvalue weighted by atomic mass is 9.99. The molecule has 27 heavy (non-hydrogen) atoms. The standard InChI is InChI=1S/C19H22N2O5S/c1-3-13(2)17(19(23)24)20-18(22)14-9-11-16(12-10-14)27(25,26)21-15-7-5-4-6-8-15/h4-13,17,21H,3H2,1-2H3,(H,20,22)(H,23,24). The Morgan fingerprint density at radius 2 is 1.63 bits per heavy atom. The number of anilines is 1. The van der Waals surface area contributed by atoms with Crippen LogP contribution >= 0.6 is 0 Å². The summed E-state index contributed by atoms with van der Waals surface area (Å²) in [6.45, 7) is 3.58. The van der Waals surface area contributed by atoms with Gasteiger partial charge in [-0.15, -0.1) is 0 Å². The van der Waals surface area contributed by atoms with Crippen molar-refractivity contribution < 1.29 is 23.1 Å². The summed E-state index contributed by atoms with van der Waals surface area (Å²) in [5.41, 5.74) is 0.611. The summed E-state index contributed by atoms with van der Waals surface area (Å²) in [5, 5.41) is 11.7. The van der Waals surface area contributed by atoms with Gasteiger partial charge in [0.2, 0.25) is 0 Å². The van der Waals surface area contributed by atoms with Gasteiger partial charge < -0.3 is 10.4 Å². The average molecular weight is 390 g/mol. The van der Waals surface area contributed by atoms with Crippen molar-refractivity contribution in [1.29, 1.82) is 0 Å². The molecule has 0 bridgehead atoms. The van der Waals surface area contributed by atoms with Gasteiger partial charge in [0.15, 0.2) is 0 Å². The van der Waals surface area contributed by atoms with Gasteiger partial charge >= 0.3 is 5.97 Å². The Kier molecular flexibility index (Phi) is 6.57. The zero-order valence-electron chi connectivity index (χ0n) is 15.0. The van der Waals surface area contributed by atoms with Gasteiger partial charge in [0.25, 0.3) is 15.9 Å². The summed E-state index contributed by atoms with van der Waals surface area (Å²) in [5.74, 6) is -1.91. The highest BCUT2D eigenvalue weighted by atomic mass is 32.2. The molecule has 1 amide bonds. The van der Waals surface area contributed by atoms with E-state index in [0.717, 1.165) is 0 Å². The highest BCUT2D eigenvalue weighted by Crippen LogP contribution is 2.17. The Hall–Kier alpha value is -2.87. The lowest BCUT2D eigenvalue weighted by molar-refractivity contribution is -0.140. The third-order valence-electron chi connectivity index (χ3n) is 4.22. The van der Waals surface area contributed by atoms with E-state index in [1.165, 1.54) is 24.3 Å². The number of rotatable bonds is 8. The minimum atomic E-state index is -3.79. The summed E-state index contributed by atoms with van der Waals surface area (Å²) in [7, 11) is -3.79. The van der Waals surface area contributed by atoms with Crippen molar-refractivity contribution in [3.8, 4) is 0 Å². The molecule has 2 atom stereocenters. The number of benzene rings is 2. The van der Waals surface area contributed by atoms with Gasteiger partial charge in [-0.3, -0.25) is 9.52 Å². The molecular weight excluding hydrogens is 368 g/mol. The normalized spacial score (nSPS) is 13.4. The van der Waals surface area contributed by atoms with Crippen LogP contribution in [0.1, 0.15) is 30.6 Å². The molecule has 7 nitrogen and oxygen atoms in total. The van der Waals surface area contributed by atoms with E-state index in [0.29, 0.717) is 12.1 Å². The summed E-state index contributed by atoms with van der Waals surface area (Å²) in [6.07, 6.45) is 0.597. The first-order chi connectivity index (χ1) is 12.7. The number of para-hydroxylation sites is 1. The van der Waals surface area contributed by atoms with Crippen LogP contribution in [0.3, 0.4) is 0 Å². The van der Waals surface area contributed by atoms with Gasteiger partial charge in [-0.1, -0.05) is 38.5 Å². The molecule has 0 saturated heterocycles. The van der Waals surface area contributed by atoms with E-state index in [9.17, 15) is 23.1 Å². The van der Waals surface area contributed by atoms with Crippen molar-refractivity contribution in [1.82, 2.24) is 5.32 Å². The third-order valence-corrected chi connectivity index (χ3v) is 5.62. The second-order valence-electron chi connectivity index (χ2n) is 6.17. The van der Waals surface area contributed by atoms with Crippen molar-refractivity contribution in [2.45, 2.75) is 31.2 Å². The molecule has 0 aliphatic carbocycles. The summed E-state index contributed by atoms with van der Waals surface area (Å²) in [6, 6.07) is 12.7. The fraction of sp³-hybridized carbons (Fsp3) is 0.263. The van der Waals surface area contributed by atoms with E-state index < -0.39 is 27.9 Å². The molecule has 8 heteroatoms. The number of aliphatic carboxylic acids is 1. The largest absolute Gasteiger partial charge is 0.480 e. The molecule has 144 valence electrons. The van der Waals surface area contributed by atoms with E-state index in [1.54, 1.807) is 37.3 Å². The number of amides is 1. The molecule has 0 saturated carbocycles. The number of carboxylic acids is 1. The van der Waals surface area contributed by atoms with Crippen LogP contribution in [-0.2, 0) is 14.8 Å². The molecule has 0 fully saturated rings. The molecule has 0 aliphatic rings. The number of hydrogen-bond acceptors (Lipinski definition) is 4. The van der Waals surface area contributed by atoms with Crippen LogP contribution < -0.4 is 10.0 Å². The third kappa shape index (κ3) is 5.30. The molecule has 0 spiro atoms. The molecule has 3 N–H and O–H groups in total. The Morgan fingerprint density at radius 3 is 2.15 bits per heavy atom. The molecule has 2 aromatic rings. The second kappa shape index (κ2) is 8.68. The first kappa shape index (κ1) is 20.4. The highest BCUT2D eigenvalue weighted by Gasteiger charge is 2.26. The molecular formula is C19H22N2O5S. The zero-order valence-corrected chi connectivity index (χ0v) is 15.9. The minimum absolute atomic E-state index is 0.000358. The highest BCUT2D eigenvalue weighted by molar-refractivity contribution is 7.92. The fourth-order valence-electron chi connectivity index (χ4n) is 2.41. The van der Waals surface area contributed by atoms with Crippen LogP contribution in [0.4, 0.5) is 5.69 Å². The number of hydrogen-bond donors (Lipinski definition) is 3.